The van der Waals surface area contributed by atoms with E-state index in [4.69, 9.17) is 5.11 Å². The molecule has 6 heteroatoms. The van der Waals surface area contributed by atoms with Crippen LogP contribution in [0.3, 0.4) is 0 Å². The molecular weight excluding hydrogens is 305 g/mol. The van der Waals surface area contributed by atoms with Crippen LogP contribution in [0.1, 0.15) is 13.3 Å². The third kappa shape index (κ3) is 3.53. The number of carbonyl (C=O) groups excluding carboxylic acids is 1. The monoisotopic (exact) mass is 317 g/mol. The number of aliphatic carboxylic acids is 1. The Hall–Kier alpha value is -1.43. The first-order chi connectivity index (χ1) is 8.32. The van der Waals surface area contributed by atoms with Gasteiger partial charge >= 0.3 is 5.97 Å². The number of hydrogen-bond donors (Lipinski definition) is 1. The minimum atomic E-state index is -1.06. The summed E-state index contributed by atoms with van der Waals surface area (Å²) >= 11 is 3.19. The molecule has 0 saturated carbocycles. The molecule has 1 atom stereocenters. The molecule has 1 aromatic carbocycles. The normalized spacial score (nSPS) is 12.0. The maximum Gasteiger partial charge on any atom is 0.304 e. The standard InChI is InChI=1S/C12H13BrFNO3/c1-7(5-11(16)17)12(18)15(2)10-6-8(13)3-4-9(10)14/h3-4,6-7H,5H2,1-2H3,(H,16,17). The molecule has 0 fully saturated rings. The number of rotatable bonds is 4. The summed E-state index contributed by atoms with van der Waals surface area (Å²) in [4.78, 5) is 23.6. The van der Waals surface area contributed by atoms with Crippen molar-refractivity contribution in [2.45, 2.75) is 13.3 Å². The van der Waals surface area contributed by atoms with Crippen LogP contribution in [0.5, 0.6) is 0 Å². The molecule has 0 aromatic heterocycles. The summed E-state index contributed by atoms with van der Waals surface area (Å²) in [5.74, 6) is -2.73. The SMILES string of the molecule is CC(CC(=O)O)C(=O)N(C)c1cc(Br)ccc1F. The summed E-state index contributed by atoms with van der Waals surface area (Å²) in [6, 6.07) is 4.24. The first-order valence-corrected chi connectivity index (χ1v) is 6.06. The van der Waals surface area contributed by atoms with Gasteiger partial charge in [-0.3, -0.25) is 9.59 Å². The minimum absolute atomic E-state index is 0.117. The molecule has 1 rings (SSSR count). The molecule has 18 heavy (non-hydrogen) atoms. The Kier molecular flexibility index (Phi) is 4.84. The van der Waals surface area contributed by atoms with Gasteiger partial charge in [-0.25, -0.2) is 4.39 Å². The van der Waals surface area contributed by atoms with Crippen LogP contribution in [-0.2, 0) is 9.59 Å². The van der Waals surface area contributed by atoms with Gasteiger partial charge in [-0.05, 0) is 18.2 Å². The van der Waals surface area contributed by atoms with Crippen LogP contribution in [0.2, 0.25) is 0 Å². The zero-order valence-corrected chi connectivity index (χ0v) is 11.6. The highest BCUT2D eigenvalue weighted by Gasteiger charge is 2.23. The Balaban J connectivity index is 2.92. The smallest absolute Gasteiger partial charge is 0.304 e. The van der Waals surface area contributed by atoms with Gasteiger partial charge in [-0.1, -0.05) is 22.9 Å². The quantitative estimate of drug-likeness (QED) is 0.928. The summed E-state index contributed by atoms with van der Waals surface area (Å²) in [6.07, 6.45) is -0.279. The van der Waals surface area contributed by atoms with Gasteiger partial charge < -0.3 is 10.0 Å². The van der Waals surface area contributed by atoms with E-state index in [0.717, 1.165) is 4.90 Å². The van der Waals surface area contributed by atoms with E-state index in [1.807, 2.05) is 0 Å². The van der Waals surface area contributed by atoms with Crippen molar-refractivity contribution in [3.63, 3.8) is 0 Å². The van der Waals surface area contributed by atoms with Crippen molar-refractivity contribution in [2.24, 2.45) is 5.92 Å². The van der Waals surface area contributed by atoms with E-state index in [1.54, 1.807) is 0 Å². The largest absolute Gasteiger partial charge is 0.481 e. The Morgan fingerprint density at radius 2 is 2.11 bits per heavy atom. The van der Waals surface area contributed by atoms with Gasteiger partial charge in [0.05, 0.1) is 12.1 Å². The van der Waals surface area contributed by atoms with Gasteiger partial charge in [0.25, 0.3) is 0 Å². The van der Waals surface area contributed by atoms with Crippen LogP contribution in [0.25, 0.3) is 0 Å². The number of carbonyl (C=O) groups is 2. The fourth-order valence-corrected chi connectivity index (χ4v) is 1.89. The molecular formula is C12H13BrFNO3. The number of carboxylic acids is 1. The fourth-order valence-electron chi connectivity index (χ4n) is 1.54. The maximum atomic E-state index is 13.6. The Morgan fingerprint density at radius 3 is 2.67 bits per heavy atom. The number of anilines is 1. The van der Waals surface area contributed by atoms with Crippen molar-refractivity contribution in [1.29, 1.82) is 0 Å². The molecule has 0 aliphatic rings. The summed E-state index contributed by atoms with van der Waals surface area (Å²) < 4.78 is 14.2. The van der Waals surface area contributed by atoms with E-state index in [-0.39, 0.29) is 12.1 Å². The third-order valence-corrected chi connectivity index (χ3v) is 3.00. The molecule has 0 heterocycles. The van der Waals surface area contributed by atoms with Gasteiger partial charge in [-0.2, -0.15) is 0 Å². The summed E-state index contributed by atoms with van der Waals surface area (Å²) in [6.45, 7) is 1.50. The molecule has 0 spiro atoms. The zero-order chi connectivity index (χ0) is 13.9. The molecule has 1 aromatic rings. The van der Waals surface area contributed by atoms with E-state index in [0.29, 0.717) is 4.47 Å². The lowest BCUT2D eigenvalue weighted by atomic mass is 10.1. The summed E-state index contributed by atoms with van der Waals surface area (Å²) in [5.41, 5.74) is 0.117. The molecule has 1 N–H and O–H groups in total. The number of benzene rings is 1. The fraction of sp³-hybridized carbons (Fsp3) is 0.333. The minimum Gasteiger partial charge on any atom is -0.481 e. The summed E-state index contributed by atoms with van der Waals surface area (Å²) in [7, 11) is 1.42. The highest BCUT2D eigenvalue weighted by molar-refractivity contribution is 9.10. The van der Waals surface area contributed by atoms with Gasteiger partial charge in [0.2, 0.25) is 5.91 Å². The first kappa shape index (κ1) is 14.6. The number of hydrogen-bond acceptors (Lipinski definition) is 2. The highest BCUT2D eigenvalue weighted by Crippen LogP contribution is 2.24. The first-order valence-electron chi connectivity index (χ1n) is 5.27. The predicted octanol–water partition coefficient (Wildman–Crippen LogP) is 2.66. The van der Waals surface area contributed by atoms with Crippen molar-refractivity contribution in [1.82, 2.24) is 0 Å². The number of halogens is 2. The van der Waals surface area contributed by atoms with Gasteiger partial charge in [0.15, 0.2) is 0 Å². The lowest BCUT2D eigenvalue weighted by molar-refractivity contribution is -0.140. The van der Waals surface area contributed by atoms with Gasteiger partial charge in [0, 0.05) is 17.4 Å². The lowest BCUT2D eigenvalue weighted by Crippen LogP contribution is -2.33. The van der Waals surface area contributed by atoms with Crippen molar-refractivity contribution in [3.05, 3.63) is 28.5 Å². The second-order valence-corrected chi connectivity index (χ2v) is 4.91. The molecule has 1 amide bonds. The van der Waals surface area contributed by atoms with Crippen LogP contribution in [0.4, 0.5) is 10.1 Å². The lowest BCUT2D eigenvalue weighted by Gasteiger charge is -2.21. The number of carboxylic acid groups (broad SMARTS) is 1. The van der Waals surface area contributed by atoms with Crippen LogP contribution in [0.15, 0.2) is 22.7 Å². The van der Waals surface area contributed by atoms with Crippen molar-refractivity contribution in [3.8, 4) is 0 Å². The van der Waals surface area contributed by atoms with Crippen molar-refractivity contribution in [2.75, 3.05) is 11.9 Å². The molecule has 4 nitrogen and oxygen atoms in total. The van der Waals surface area contributed by atoms with E-state index in [2.05, 4.69) is 15.9 Å². The van der Waals surface area contributed by atoms with Crippen LogP contribution < -0.4 is 4.90 Å². The Morgan fingerprint density at radius 1 is 1.50 bits per heavy atom. The van der Waals surface area contributed by atoms with Crippen LogP contribution in [-0.4, -0.2) is 24.0 Å². The highest BCUT2D eigenvalue weighted by atomic mass is 79.9. The van der Waals surface area contributed by atoms with E-state index >= 15 is 0 Å². The van der Waals surface area contributed by atoms with Gasteiger partial charge in [-0.15, -0.1) is 0 Å². The topological polar surface area (TPSA) is 57.6 Å². The maximum absolute atomic E-state index is 13.6. The molecule has 98 valence electrons. The third-order valence-electron chi connectivity index (χ3n) is 2.50. The van der Waals surface area contributed by atoms with Gasteiger partial charge in [0.1, 0.15) is 5.82 Å². The second-order valence-electron chi connectivity index (χ2n) is 3.99. The molecule has 0 aliphatic heterocycles. The number of nitrogens with zero attached hydrogens (tertiary/aromatic N) is 1. The van der Waals surface area contributed by atoms with E-state index in [9.17, 15) is 14.0 Å². The second kappa shape index (κ2) is 5.95. The molecule has 0 bridgehead atoms. The average molecular weight is 318 g/mol. The molecule has 0 saturated heterocycles. The van der Waals surface area contributed by atoms with Crippen LogP contribution in [0, 0.1) is 11.7 Å². The van der Waals surface area contributed by atoms with Crippen molar-refractivity contribution >= 4 is 33.5 Å². The predicted molar refractivity (Wildman–Crippen MR) is 68.9 cm³/mol. The molecule has 0 aliphatic carbocycles. The summed E-state index contributed by atoms with van der Waals surface area (Å²) in [5, 5.41) is 8.63. The van der Waals surface area contributed by atoms with Crippen LogP contribution >= 0.6 is 15.9 Å². The molecule has 0 radical (unpaired) electrons. The average Bonchev–Trinajstić information content (AvgIpc) is 2.29. The zero-order valence-electron chi connectivity index (χ0n) is 9.98. The van der Waals surface area contributed by atoms with Crippen molar-refractivity contribution < 1.29 is 19.1 Å². The molecule has 1 unspecified atom stereocenters. The Bertz CT molecular complexity index is 478. The van der Waals surface area contributed by atoms with E-state index < -0.39 is 23.6 Å². The van der Waals surface area contributed by atoms with E-state index in [1.165, 1.54) is 32.2 Å². The Labute approximate surface area is 113 Å². The number of amides is 1.